The monoisotopic (exact) mass is 227 g/mol. The largest absolute Gasteiger partial charge is 0.481 e. The average Bonchev–Trinajstić information content (AvgIpc) is 2.34. The lowest BCUT2D eigenvalue weighted by Gasteiger charge is -2.07. The van der Waals surface area contributed by atoms with Crippen LogP contribution < -0.4 is 14.8 Å². The van der Waals surface area contributed by atoms with E-state index in [4.69, 9.17) is 14.2 Å². The van der Waals surface area contributed by atoms with Gasteiger partial charge in [0.25, 0.3) is 0 Å². The van der Waals surface area contributed by atoms with Crippen LogP contribution in [0.1, 0.15) is 6.42 Å². The summed E-state index contributed by atoms with van der Waals surface area (Å²) in [5, 5.41) is 3.07. The third kappa shape index (κ3) is 3.90. The van der Waals surface area contributed by atoms with Crippen molar-refractivity contribution in [1.82, 2.24) is 9.97 Å². The van der Waals surface area contributed by atoms with Crippen molar-refractivity contribution in [3.8, 4) is 11.8 Å². The summed E-state index contributed by atoms with van der Waals surface area (Å²) in [5.74, 6) is 1.44. The molecule has 0 aliphatic heterocycles. The van der Waals surface area contributed by atoms with Crippen LogP contribution in [0.2, 0.25) is 0 Å². The van der Waals surface area contributed by atoms with Gasteiger partial charge in [0.2, 0.25) is 17.7 Å². The van der Waals surface area contributed by atoms with Crippen LogP contribution in [0.5, 0.6) is 11.8 Å². The van der Waals surface area contributed by atoms with E-state index in [0.717, 1.165) is 13.0 Å². The number of nitrogens with zero attached hydrogens (tertiary/aromatic N) is 2. The number of methoxy groups -OCH3 is 3. The summed E-state index contributed by atoms with van der Waals surface area (Å²) < 4.78 is 15.0. The maximum atomic E-state index is 5.03. The van der Waals surface area contributed by atoms with Crippen molar-refractivity contribution in [3.05, 3.63) is 6.07 Å². The van der Waals surface area contributed by atoms with Gasteiger partial charge in [0.1, 0.15) is 0 Å². The Morgan fingerprint density at radius 3 is 2.25 bits per heavy atom. The van der Waals surface area contributed by atoms with E-state index in [1.807, 2.05) is 0 Å². The predicted molar refractivity (Wildman–Crippen MR) is 60.1 cm³/mol. The zero-order chi connectivity index (χ0) is 11.8. The summed E-state index contributed by atoms with van der Waals surface area (Å²) in [6, 6.07) is 1.63. The maximum Gasteiger partial charge on any atom is 0.229 e. The van der Waals surface area contributed by atoms with Crippen LogP contribution in [0.4, 0.5) is 5.95 Å². The van der Waals surface area contributed by atoms with Gasteiger partial charge in [-0.25, -0.2) is 0 Å². The van der Waals surface area contributed by atoms with Gasteiger partial charge in [-0.1, -0.05) is 0 Å². The Hall–Kier alpha value is -1.56. The van der Waals surface area contributed by atoms with E-state index in [-0.39, 0.29) is 0 Å². The quantitative estimate of drug-likeness (QED) is 0.699. The summed E-state index contributed by atoms with van der Waals surface area (Å²) in [5.41, 5.74) is 0. The fraction of sp³-hybridized carbons (Fsp3) is 0.600. The van der Waals surface area contributed by atoms with Crippen molar-refractivity contribution < 1.29 is 14.2 Å². The molecule has 0 spiro atoms. The summed E-state index contributed by atoms with van der Waals surface area (Å²) >= 11 is 0. The molecule has 1 N–H and O–H groups in total. The minimum Gasteiger partial charge on any atom is -0.481 e. The molecule has 0 saturated carbocycles. The summed E-state index contributed by atoms with van der Waals surface area (Å²) in [6.07, 6.45) is 0.888. The molecular formula is C10H17N3O3. The highest BCUT2D eigenvalue weighted by molar-refractivity contribution is 5.33. The van der Waals surface area contributed by atoms with Gasteiger partial charge in [-0.3, -0.25) is 0 Å². The molecule has 0 bridgehead atoms. The second kappa shape index (κ2) is 6.84. The molecule has 16 heavy (non-hydrogen) atoms. The fourth-order valence-corrected chi connectivity index (χ4v) is 1.11. The molecule has 0 fully saturated rings. The Kier molecular flexibility index (Phi) is 5.35. The topological polar surface area (TPSA) is 65.5 Å². The fourth-order valence-electron chi connectivity index (χ4n) is 1.11. The van der Waals surface area contributed by atoms with E-state index in [1.54, 1.807) is 27.4 Å². The molecule has 6 heteroatoms. The SMILES string of the molecule is COCCCNc1nc(OC)cc(OC)n1. The highest BCUT2D eigenvalue weighted by Crippen LogP contribution is 2.16. The molecule has 0 aliphatic rings. The van der Waals surface area contributed by atoms with Gasteiger partial charge in [0.15, 0.2) is 0 Å². The van der Waals surface area contributed by atoms with Crippen LogP contribution in [0.25, 0.3) is 0 Å². The van der Waals surface area contributed by atoms with Crippen LogP contribution in [0.15, 0.2) is 6.07 Å². The first-order chi connectivity index (χ1) is 7.80. The molecule has 0 unspecified atom stereocenters. The zero-order valence-electron chi connectivity index (χ0n) is 9.82. The average molecular weight is 227 g/mol. The molecule has 6 nitrogen and oxygen atoms in total. The molecule has 1 heterocycles. The second-order valence-corrected chi connectivity index (χ2v) is 3.05. The molecule has 1 rings (SSSR count). The van der Waals surface area contributed by atoms with Crippen LogP contribution in [-0.4, -0.2) is 44.4 Å². The number of ether oxygens (including phenoxy) is 3. The smallest absolute Gasteiger partial charge is 0.229 e. The van der Waals surface area contributed by atoms with Crippen molar-refractivity contribution in [2.24, 2.45) is 0 Å². The molecule has 0 saturated heterocycles. The number of anilines is 1. The number of rotatable bonds is 7. The second-order valence-electron chi connectivity index (χ2n) is 3.05. The Morgan fingerprint density at radius 2 is 1.75 bits per heavy atom. The van der Waals surface area contributed by atoms with Crippen LogP contribution in [0, 0.1) is 0 Å². The standard InChI is InChI=1S/C10H17N3O3/c1-14-6-4-5-11-10-12-8(15-2)7-9(13-10)16-3/h7H,4-6H2,1-3H3,(H,11,12,13). The molecule has 0 atom stereocenters. The molecule has 0 radical (unpaired) electrons. The minimum atomic E-state index is 0.473. The molecule has 0 amide bonds. The number of hydrogen-bond acceptors (Lipinski definition) is 6. The molecule has 90 valence electrons. The van der Waals surface area contributed by atoms with Crippen molar-refractivity contribution in [2.45, 2.75) is 6.42 Å². The van der Waals surface area contributed by atoms with Gasteiger partial charge in [-0.05, 0) is 6.42 Å². The van der Waals surface area contributed by atoms with Crippen molar-refractivity contribution in [2.75, 3.05) is 39.8 Å². The van der Waals surface area contributed by atoms with Crippen molar-refractivity contribution in [3.63, 3.8) is 0 Å². The molecule has 1 aromatic rings. The molecular weight excluding hydrogens is 210 g/mol. The summed E-state index contributed by atoms with van der Waals surface area (Å²) in [4.78, 5) is 8.26. The van der Waals surface area contributed by atoms with Crippen molar-refractivity contribution in [1.29, 1.82) is 0 Å². The number of aromatic nitrogens is 2. The number of hydrogen-bond donors (Lipinski definition) is 1. The minimum absolute atomic E-state index is 0.473. The highest BCUT2D eigenvalue weighted by Gasteiger charge is 2.04. The van der Waals surface area contributed by atoms with Gasteiger partial charge in [0.05, 0.1) is 20.3 Å². The third-order valence-corrected chi connectivity index (χ3v) is 1.91. The molecule has 0 aromatic carbocycles. The van der Waals surface area contributed by atoms with E-state index in [1.165, 1.54) is 0 Å². The first-order valence-electron chi connectivity index (χ1n) is 5.00. The maximum absolute atomic E-state index is 5.03. The van der Waals surface area contributed by atoms with E-state index >= 15 is 0 Å². The van der Waals surface area contributed by atoms with Gasteiger partial charge in [0, 0.05) is 20.3 Å². The van der Waals surface area contributed by atoms with E-state index in [9.17, 15) is 0 Å². The van der Waals surface area contributed by atoms with Gasteiger partial charge >= 0.3 is 0 Å². The summed E-state index contributed by atoms with van der Waals surface area (Å²) in [7, 11) is 4.78. The van der Waals surface area contributed by atoms with E-state index in [2.05, 4.69) is 15.3 Å². The Labute approximate surface area is 95.0 Å². The first-order valence-corrected chi connectivity index (χ1v) is 5.00. The lowest BCUT2D eigenvalue weighted by Crippen LogP contribution is -2.08. The van der Waals surface area contributed by atoms with Crippen molar-refractivity contribution >= 4 is 5.95 Å². The highest BCUT2D eigenvalue weighted by atomic mass is 16.5. The Balaban J connectivity index is 2.57. The molecule has 0 aliphatic carbocycles. The Bertz CT molecular complexity index is 298. The lowest BCUT2D eigenvalue weighted by molar-refractivity contribution is 0.197. The third-order valence-electron chi connectivity index (χ3n) is 1.91. The Morgan fingerprint density at radius 1 is 1.12 bits per heavy atom. The van der Waals surface area contributed by atoms with E-state index in [0.29, 0.717) is 24.3 Å². The first kappa shape index (κ1) is 12.5. The number of nitrogens with one attached hydrogen (secondary N) is 1. The summed E-state index contributed by atoms with van der Waals surface area (Å²) in [6.45, 7) is 1.44. The van der Waals surface area contributed by atoms with Crippen LogP contribution >= 0.6 is 0 Å². The van der Waals surface area contributed by atoms with E-state index < -0.39 is 0 Å². The zero-order valence-corrected chi connectivity index (χ0v) is 9.82. The van der Waals surface area contributed by atoms with Gasteiger partial charge in [-0.2, -0.15) is 9.97 Å². The van der Waals surface area contributed by atoms with Gasteiger partial charge in [-0.15, -0.1) is 0 Å². The normalized spacial score (nSPS) is 9.94. The predicted octanol–water partition coefficient (Wildman–Crippen LogP) is 0.942. The van der Waals surface area contributed by atoms with Gasteiger partial charge < -0.3 is 19.5 Å². The lowest BCUT2D eigenvalue weighted by atomic mass is 10.4. The van der Waals surface area contributed by atoms with Crippen LogP contribution in [0.3, 0.4) is 0 Å². The molecule has 1 aromatic heterocycles. The van der Waals surface area contributed by atoms with Crippen LogP contribution in [-0.2, 0) is 4.74 Å².